The second kappa shape index (κ2) is 8.80. The van der Waals surface area contributed by atoms with Crippen molar-refractivity contribution in [2.24, 2.45) is 0 Å². The zero-order chi connectivity index (χ0) is 23.0. The molecular formula is C22H22ClFN2O5S. The molecule has 0 unspecified atom stereocenters. The van der Waals surface area contributed by atoms with E-state index in [4.69, 9.17) is 16.3 Å². The number of nitrogens with zero attached hydrogens (tertiary/aromatic N) is 2. The van der Waals surface area contributed by atoms with Gasteiger partial charge in [0, 0.05) is 43.2 Å². The summed E-state index contributed by atoms with van der Waals surface area (Å²) >= 11 is 5.83. The van der Waals surface area contributed by atoms with Gasteiger partial charge in [-0.25, -0.2) is 12.8 Å². The largest absolute Gasteiger partial charge is 0.483 e. The third-order valence-electron chi connectivity index (χ3n) is 5.81. The second-order valence-corrected chi connectivity index (χ2v) is 10.3. The van der Waals surface area contributed by atoms with Gasteiger partial charge in [0.25, 0.3) is 5.91 Å². The Balaban J connectivity index is 1.37. The maximum Gasteiger partial charge on any atom is 0.260 e. The van der Waals surface area contributed by atoms with Gasteiger partial charge < -0.3 is 9.64 Å². The normalized spacial score (nSPS) is 19.2. The van der Waals surface area contributed by atoms with Crippen LogP contribution in [-0.2, 0) is 14.8 Å². The molecule has 1 fully saturated rings. The number of rotatable bonds is 5. The van der Waals surface area contributed by atoms with E-state index in [0.29, 0.717) is 10.6 Å². The van der Waals surface area contributed by atoms with Gasteiger partial charge in [-0.2, -0.15) is 4.31 Å². The lowest BCUT2D eigenvalue weighted by Crippen LogP contribution is -2.51. The molecule has 1 aliphatic heterocycles. The van der Waals surface area contributed by atoms with Gasteiger partial charge in [-0.15, -0.1) is 0 Å². The minimum absolute atomic E-state index is 0.147. The van der Waals surface area contributed by atoms with Crippen LogP contribution in [0, 0.1) is 5.82 Å². The number of amides is 1. The van der Waals surface area contributed by atoms with E-state index in [-0.39, 0.29) is 73.0 Å². The topological polar surface area (TPSA) is 84.0 Å². The first kappa shape index (κ1) is 22.7. The highest BCUT2D eigenvalue weighted by Crippen LogP contribution is 2.39. The molecule has 4 rings (SSSR count). The summed E-state index contributed by atoms with van der Waals surface area (Å²) in [5.41, 5.74) is 0.546. The molecule has 1 atom stereocenters. The number of carbonyl (C=O) groups excluding carboxylic acids is 2. The molecule has 0 N–H and O–H groups in total. The number of benzene rings is 2. The summed E-state index contributed by atoms with van der Waals surface area (Å²) in [6, 6.07) is 8.55. The number of carbonyl (C=O) groups is 2. The van der Waals surface area contributed by atoms with Crippen LogP contribution in [0.5, 0.6) is 5.75 Å². The Kier molecular flexibility index (Phi) is 6.24. The maximum absolute atomic E-state index is 14.1. The van der Waals surface area contributed by atoms with Crippen LogP contribution in [0.3, 0.4) is 0 Å². The Hall–Kier alpha value is -2.49. The number of ether oxygens (including phenoxy) is 1. The molecule has 0 radical (unpaired) electrons. The number of piperazine rings is 1. The van der Waals surface area contributed by atoms with Crippen LogP contribution in [0.1, 0.15) is 35.2 Å². The van der Waals surface area contributed by atoms with Crippen molar-refractivity contribution in [3.63, 3.8) is 0 Å². The second-order valence-electron chi connectivity index (χ2n) is 7.89. The van der Waals surface area contributed by atoms with Crippen molar-refractivity contribution < 1.29 is 27.1 Å². The Morgan fingerprint density at radius 2 is 1.78 bits per heavy atom. The molecule has 1 amide bonds. The van der Waals surface area contributed by atoms with E-state index in [0.717, 1.165) is 0 Å². The number of fused-ring (bicyclic) bond motifs is 1. The van der Waals surface area contributed by atoms with Gasteiger partial charge in [-0.1, -0.05) is 18.5 Å². The standard InChI is InChI=1S/C22H22ClFN2O5S/c1-14-12-18(27)22-19(7-6-17(24)21(14)22)31-13-20(28)25-8-10-26(11-9-25)32(29,30)16-4-2-15(23)3-5-16/h2-7,14H,8-13H2,1H3/t14-/m0/s1. The first-order valence-corrected chi connectivity index (χ1v) is 12.0. The van der Waals surface area contributed by atoms with E-state index < -0.39 is 15.8 Å². The summed E-state index contributed by atoms with van der Waals surface area (Å²) < 4.78 is 46.6. The molecule has 0 aromatic heterocycles. The van der Waals surface area contributed by atoms with Crippen molar-refractivity contribution in [3.05, 3.63) is 58.4 Å². The number of hydrogen-bond acceptors (Lipinski definition) is 5. The minimum atomic E-state index is -3.67. The Labute approximate surface area is 190 Å². The molecule has 2 aliphatic rings. The average Bonchev–Trinajstić information content (AvgIpc) is 3.08. The Morgan fingerprint density at radius 3 is 2.44 bits per heavy atom. The van der Waals surface area contributed by atoms with E-state index >= 15 is 0 Å². The fourth-order valence-corrected chi connectivity index (χ4v) is 5.66. The smallest absolute Gasteiger partial charge is 0.260 e. The Morgan fingerprint density at radius 1 is 1.12 bits per heavy atom. The molecule has 0 spiro atoms. The highest BCUT2D eigenvalue weighted by Gasteiger charge is 2.33. The van der Waals surface area contributed by atoms with Crippen molar-refractivity contribution in [2.45, 2.75) is 24.2 Å². The van der Waals surface area contributed by atoms with Crippen LogP contribution in [0.4, 0.5) is 4.39 Å². The van der Waals surface area contributed by atoms with Gasteiger partial charge in [0.1, 0.15) is 11.6 Å². The predicted octanol–water partition coefficient (Wildman–Crippen LogP) is 3.08. The van der Waals surface area contributed by atoms with Crippen molar-refractivity contribution >= 4 is 33.3 Å². The number of hydrogen-bond donors (Lipinski definition) is 0. The van der Waals surface area contributed by atoms with E-state index in [1.54, 1.807) is 6.92 Å². The van der Waals surface area contributed by atoms with Crippen molar-refractivity contribution in [3.8, 4) is 5.75 Å². The van der Waals surface area contributed by atoms with Gasteiger partial charge in [0.2, 0.25) is 10.0 Å². The summed E-state index contributed by atoms with van der Waals surface area (Å²) in [5, 5.41) is 0.447. The maximum atomic E-state index is 14.1. The first-order valence-electron chi connectivity index (χ1n) is 10.2. The molecule has 170 valence electrons. The van der Waals surface area contributed by atoms with Gasteiger partial charge in [-0.3, -0.25) is 9.59 Å². The summed E-state index contributed by atoms with van der Waals surface area (Å²) in [6.07, 6.45) is 0.213. The molecular weight excluding hydrogens is 459 g/mol. The van der Waals surface area contributed by atoms with Gasteiger partial charge in [0.05, 0.1) is 10.5 Å². The van der Waals surface area contributed by atoms with Crippen LogP contribution < -0.4 is 4.74 Å². The van der Waals surface area contributed by atoms with Crippen molar-refractivity contribution in [2.75, 3.05) is 32.8 Å². The summed E-state index contributed by atoms with van der Waals surface area (Å²) in [5.74, 6) is -1.00. The third kappa shape index (κ3) is 4.24. The molecule has 0 saturated carbocycles. The van der Waals surface area contributed by atoms with Gasteiger partial charge in [-0.05, 0) is 42.3 Å². The monoisotopic (exact) mass is 480 g/mol. The SMILES string of the molecule is C[C@H]1CC(=O)c2c(OCC(=O)N3CCN(S(=O)(=O)c4ccc(Cl)cc4)CC3)ccc(F)c21. The molecule has 1 saturated heterocycles. The van der Waals surface area contributed by atoms with Crippen LogP contribution in [0.15, 0.2) is 41.3 Å². The average molecular weight is 481 g/mol. The number of ketones is 1. The highest BCUT2D eigenvalue weighted by atomic mass is 35.5. The lowest BCUT2D eigenvalue weighted by Gasteiger charge is -2.34. The van der Waals surface area contributed by atoms with E-state index in [1.165, 1.54) is 45.6 Å². The number of sulfonamides is 1. The van der Waals surface area contributed by atoms with Crippen molar-refractivity contribution in [1.29, 1.82) is 0 Å². The fraction of sp³-hybridized carbons (Fsp3) is 0.364. The first-order chi connectivity index (χ1) is 15.2. The lowest BCUT2D eigenvalue weighted by molar-refractivity contribution is -0.134. The minimum Gasteiger partial charge on any atom is -0.483 e. The molecule has 7 nitrogen and oxygen atoms in total. The summed E-state index contributed by atoms with van der Waals surface area (Å²) in [4.78, 5) is 26.5. The Bertz CT molecular complexity index is 1160. The molecule has 0 bridgehead atoms. The van der Waals surface area contributed by atoms with Gasteiger partial charge in [0.15, 0.2) is 12.4 Å². The molecule has 1 heterocycles. The fourth-order valence-electron chi connectivity index (χ4n) is 4.11. The lowest BCUT2D eigenvalue weighted by atomic mass is 10.0. The zero-order valence-electron chi connectivity index (χ0n) is 17.4. The summed E-state index contributed by atoms with van der Waals surface area (Å²) in [6.45, 7) is 2.19. The molecule has 1 aliphatic carbocycles. The van der Waals surface area contributed by atoms with E-state index in [9.17, 15) is 22.4 Å². The molecule has 2 aromatic carbocycles. The van der Waals surface area contributed by atoms with Crippen LogP contribution in [-0.4, -0.2) is 62.1 Å². The number of halogens is 2. The van der Waals surface area contributed by atoms with Crippen LogP contribution in [0.25, 0.3) is 0 Å². The van der Waals surface area contributed by atoms with Crippen LogP contribution in [0.2, 0.25) is 5.02 Å². The van der Waals surface area contributed by atoms with Gasteiger partial charge >= 0.3 is 0 Å². The van der Waals surface area contributed by atoms with E-state index in [2.05, 4.69) is 0 Å². The number of Topliss-reactive ketones (excluding diaryl/α,β-unsaturated/α-hetero) is 1. The molecule has 32 heavy (non-hydrogen) atoms. The third-order valence-corrected chi connectivity index (χ3v) is 7.98. The molecule has 2 aromatic rings. The summed E-state index contributed by atoms with van der Waals surface area (Å²) in [7, 11) is -3.67. The van der Waals surface area contributed by atoms with E-state index in [1.807, 2.05) is 0 Å². The molecule has 10 heteroatoms. The predicted molar refractivity (Wildman–Crippen MR) is 116 cm³/mol. The quantitative estimate of drug-likeness (QED) is 0.656. The van der Waals surface area contributed by atoms with Crippen molar-refractivity contribution in [1.82, 2.24) is 9.21 Å². The van der Waals surface area contributed by atoms with Crippen LogP contribution >= 0.6 is 11.6 Å². The highest BCUT2D eigenvalue weighted by molar-refractivity contribution is 7.89. The zero-order valence-corrected chi connectivity index (χ0v) is 19.0.